The van der Waals surface area contributed by atoms with Gasteiger partial charge in [0.2, 0.25) is 0 Å². The quantitative estimate of drug-likeness (QED) is 0.160. The second-order valence-corrected chi connectivity index (χ2v) is 15.4. The first-order valence-electron chi connectivity index (χ1n) is 9.57. The Balaban J connectivity index is -0.000000158. The van der Waals surface area contributed by atoms with E-state index in [1.807, 2.05) is 12.1 Å². The van der Waals surface area contributed by atoms with Gasteiger partial charge in [0, 0.05) is 0 Å². The number of phenols is 1. The number of benzene rings is 1. The van der Waals surface area contributed by atoms with E-state index < -0.39 is 11.4 Å². The standard InChI is InChI=1S/C18H30O.2H3O2PS2.3Zn/c1-2-3-4-5-6-7-8-9-10-11-12-17-13-15-18(19)16-14-17;2*1-3(2,4)5;;;/h13-16,19H,2-12H2,1H3;2*(H3,1,2,4,5);;;/q;;;3*+2/p-6. The normalized spacial score (nSPS) is 10.1. The van der Waals surface area contributed by atoms with Crippen LogP contribution in [0.25, 0.3) is 0 Å². The van der Waals surface area contributed by atoms with Gasteiger partial charge in [0.15, 0.2) is 0 Å². The number of phenolic OH excluding ortho intramolecular Hbond substituents is 1. The van der Waals surface area contributed by atoms with E-state index in [9.17, 15) is 24.7 Å². The third-order valence-electron chi connectivity index (χ3n) is 3.76. The molecule has 1 N–H and O–H groups in total. The number of hydrogen-bond donors (Lipinski definition) is 1. The van der Waals surface area contributed by atoms with E-state index in [2.05, 4.69) is 55.0 Å². The maximum atomic E-state index is 9.29. The molecular formula is C18H30O5P2S4Zn3. The summed E-state index contributed by atoms with van der Waals surface area (Å²) in [5.74, 6) is 0.367. The number of aromatic hydroxyl groups is 1. The van der Waals surface area contributed by atoms with Crippen LogP contribution in [0.4, 0.5) is 0 Å². The van der Waals surface area contributed by atoms with Crippen molar-refractivity contribution in [2.75, 3.05) is 0 Å². The Morgan fingerprint density at radius 1 is 0.688 bits per heavy atom. The van der Waals surface area contributed by atoms with Gasteiger partial charge in [-0.25, -0.2) is 0 Å². The van der Waals surface area contributed by atoms with Crippen LogP contribution in [0.5, 0.6) is 5.75 Å². The van der Waals surface area contributed by atoms with E-state index in [-0.39, 0.29) is 58.4 Å². The van der Waals surface area contributed by atoms with Crippen LogP contribution in [0, 0.1) is 0 Å². The summed E-state index contributed by atoms with van der Waals surface area (Å²) in [5.41, 5.74) is -6.10. The average Bonchev–Trinajstić information content (AvgIpc) is 2.55. The molecule has 0 spiro atoms. The minimum Gasteiger partial charge on any atom is -0.850 e. The Kier molecular flexibility index (Phi) is 39.5. The van der Waals surface area contributed by atoms with E-state index >= 15 is 0 Å². The van der Waals surface area contributed by atoms with E-state index in [0.29, 0.717) is 5.75 Å². The van der Waals surface area contributed by atoms with Gasteiger partial charge in [-0.15, -0.1) is 0 Å². The fourth-order valence-corrected chi connectivity index (χ4v) is 2.48. The Bertz CT molecular complexity index is 568. The summed E-state index contributed by atoms with van der Waals surface area (Å²) in [7, 11) is 0. The molecule has 14 heteroatoms. The van der Waals surface area contributed by atoms with Crippen molar-refractivity contribution in [1.82, 2.24) is 0 Å². The minimum absolute atomic E-state index is 0. The monoisotopic (exact) mass is 708 g/mol. The zero-order valence-electron chi connectivity index (χ0n) is 18.8. The van der Waals surface area contributed by atoms with Crippen LogP contribution >= 0.6 is 11.4 Å². The Morgan fingerprint density at radius 3 is 1.28 bits per heavy atom. The Hall–Kier alpha value is 2.73. The van der Waals surface area contributed by atoms with Gasteiger partial charge in [-0.2, -0.15) is 23.6 Å². The molecule has 5 nitrogen and oxygen atoms in total. The van der Waals surface area contributed by atoms with E-state index in [0.717, 1.165) is 6.42 Å². The zero-order chi connectivity index (χ0) is 22.8. The van der Waals surface area contributed by atoms with E-state index in [4.69, 9.17) is 0 Å². The summed E-state index contributed by atoms with van der Waals surface area (Å²) >= 11 is 14.6. The number of hydrogen-bond acceptors (Lipinski definition) is 9. The smallest absolute Gasteiger partial charge is 0.850 e. The first kappa shape index (κ1) is 44.7. The molecule has 0 aliphatic carbocycles. The zero-order valence-corrected chi connectivity index (χ0v) is 32.8. The predicted molar refractivity (Wildman–Crippen MR) is 127 cm³/mol. The van der Waals surface area contributed by atoms with Gasteiger partial charge in [0.05, 0.1) is 0 Å². The van der Waals surface area contributed by atoms with Crippen LogP contribution in [-0.4, -0.2) is 5.11 Å². The van der Waals surface area contributed by atoms with Crippen molar-refractivity contribution in [3.8, 4) is 5.75 Å². The van der Waals surface area contributed by atoms with E-state index in [1.54, 1.807) is 12.1 Å². The van der Waals surface area contributed by atoms with E-state index in [1.165, 1.54) is 69.8 Å². The molecule has 1 aromatic rings. The van der Waals surface area contributed by atoms with Crippen molar-refractivity contribution in [1.29, 1.82) is 0 Å². The molecule has 0 saturated heterocycles. The molecule has 0 heterocycles. The van der Waals surface area contributed by atoms with Crippen LogP contribution in [-0.2, 0) is 113 Å². The minimum atomic E-state index is -3.72. The van der Waals surface area contributed by atoms with Gasteiger partial charge in [-0.05, 0) is 30.5 Å². The number of aryl methyl sites for hydroxylation is 1. The summed E-state index contributed by atoms with van der Waals surface area (Å²) in [6, 6.07) is 7.63. The topological polar surface area (TPSA) is 112 Å². The first-order valence-corrected chi connectivity index (χ1v) is 16.9. The molecule has 0 unspecified atom stereocenters. The molecule has 0 aliphatic heterocycles. The number of rotatable bonds is 11. The third-order valence-corrected chi connectivity index (χ3v) is 3.76. The fraction of sp³-hybridized carbons (Fsp3) is 0.667. The molecule has 0 atom stereocenters. The molecule has 0 fully saturated rings. The van der Waals surface area contributed by atoms with Gasteiger partial charge in [0.25, 0.3) is 0 Å². The summed E-state index contributed by atoms with van der Waals surface area (Å²) in [5, 5.41) is 9.20. The molecule has 0 radical (unpaired) electrons. The van der Waals surface area contributed by atoms with Crippen molar-refractivity contribution in [3.05, 3.63) is 29.8 Å². The SMILES string of the molecule is CCCCCCCCCCCCc1ccc(O)cc1.[O-]P([O-])(=S)[S-].[O-]P([O-])(=S)[S-].[Zn+2].[Zn+2].[Zn+2]. The maximum Gasteiger partial charge on any atom is 2.00 e. The molecule has 0 bridgehead atoms. The second-order valence-electron chi connectivity index (χ2n) is 6.49. The molecule has 0 aromatic heterocycles. The van der Waals surface area contributed by atoms with Crippen LogP contribution in [0.2, 0.25) is 0 Å². The number of unbranched alkanes of at least 4 members (excludes halogenated alkanes) is 9. The average molecular weight is 713 g/mol. The maximum absolute atomic E-state index is 9.29. The predicted octanol–water partition coefficient (Wildman–Crippen LogP) is 2.80. The van der Waals surface area contributed by atoms with Crippen molar-refractivity contribution in [3.63, 3.8) is 0 Å². The van der Waals surface area contributed by atoms with Gasteiger partial charge in [0.1, 0.15) is 5.75 Å². The largest absolute Gasteiger partial charge is 2.00 e. The van der Waals surface area contributed by atoms with Crippen LogP contribution in [0.1, 0.15) is 76.7 Å². The van der Waals surface area contributed by atoms with Gasteiger partial charge in [-0.3, -0.25) is 0 Å². The Labute approximate surface area is 253 Å². The summed E-state index contributed by atoms with van der Waals surface area (Å²) < 4.78 is 0. The molecule has 1 rings (SSSR count). The Morgan fingerprint density at radius 2 is 0.969 bits per heavy atom. The summed E-state index contributed by atoms with van der Waals surface area (Å²) in [6.45, 7) is 2.27. The van der Waals surface area contributed by atoms with Gasteiger partial charge >= 0.3 is 58.4 Å². The van der Waals surface area contributed by atoms with Crippen LogP contribution < -0.4 is 19.6 Å². The summed E-state index contributed by atoms with van der Waals surface area (Å²) in [6.07, 6.45) is 15.0. The molecule has 32 heavy (non-hydrogen) atoms. The van der Waals surface area contributed by atoms with Crippen molar-refractivity contribution in [2.45, 2.75) is 77.6 Å². The van der Waals surface area contributed by atoms with Crippen molar-refractivity contribution >= 4 is 59.5 Å². The fourth-order valence-electron chi connectivity index (χ4n) is 2.48. The van der Waals surface area contributed by atoms with Gasteiger partial charge in [-0.1, -0.05) is 76.8 Å². The first-order chi connectivity index (χ1) is 13.3. The molecular weight excluding hydrogens is 683 g/mol. The third kappa shape index (κ3) is 53.9. The molecule has 1 aromatic carbocycles. The van der Waals surface area contributed by atoms with Crippen LogP contribution in [0.15, 0.2) is 24.3 Å². The molecule has 0 amide bonds. The van der Waals surface area contributed by atoms with Crippen molar-refractivity contribution < 1.29 is 83.1 Å². The molecule has 172 valence electrons. The molecule has 0 saturated carbocycles. The van der Waals surface area contributed by atoms with Crippen molar-refractivity contribution in [2.24, 2.45) is 0 Å². The second kappa shape index (κ2) is 28.3. The van der Waals surface area contributed by atoms with Gasteiger partial charge < -0.3 is 60.6 Å². The summed E-state index contributed by atoms with van der Waals surface area (Å²) in [4.78, 5) is 37.2. The molecule has 0 aliphatic rings. The van der Waals surface area contributed by atoms with Crippen LogP contribution in [0.3, 0.4) is 0 Å².